The fourth-order valence-electron chi connectivity index (χ4n) is 4.97. The van der Waals surface area contributed by atoms with E-state index in [1.807, 2.05) is 19.1 Å². The van der Waals surface area contributed by atoms with Gasteiger partial charge >= 0.3 is 0 Å². The Bertz CT molecular complexity index is 928. The molecule has 4 rings (SSSR count). The van der Waals surface area contributed by atoms with Crippen LogP contribution in [0.25, 0.3) is 0 Å². The Labute approximate surface area is 177 Å². The van der Waals surface area contributed by atoms with Crippen LogP contribution in [0.2, 0.25) is 0 Å². The molecule has 30 heavy (non-hydrogen) atoms. The Morgan fingerprint density at radius 1 is 1.07 bits per heavy atom. The highest BCUT2D eigenvalue weighted by Gasteiger charge is 2.40. The summed E-state index contributed by atoms with van der Waals surface area (Å²) < 4.78 is 11.5. The second-order valence-electron chi connectivity index (χ2n) is 8.03. The third-order valence-electron chi connectivity index (χ3n) is 6.15. The standard InChI is InChI=1S/C25H29NO4/c1-4-8-15-13-16(14-21(30-5-2)25(15)29-3)22-23-17(9-6-11-19(23)27)26-18-10-7-12-20(28)24(18)22/h4,13-14,22,26H,1,5-12H2,2-3H3. The van der Waals surface area contributed by atoms with Gasteiger partial charge in [-0.2, -0.15) is 0 Å². The zero-order valence-electron chi connectivity index (χ0n) is 17.8. The summed E-state index contributed by atoms with van der Waals surface area (Å²) in [7, 11) is 1.63. The Balaban J connectivity index is 1.94. The van der Waals surface area contributed by atoms with Crippen molar-refractivity contribution in [2.75, 3.05) is 13.7 Å². The van der Waals surface area contributed by atoms with Crippen LogP contribution in [0.4, 0.5) is 0 Å². The van der Waals surface area contributed by atoms with Gasteiger partial charge < -0.3 is 14.8 Å². The van der Waals surface area contributed by atoms with Crippen LogP contribution in [0.5, 0.6) is 11.5 Å². The Morgan fingerprint density at radius 3 is 2.23 bits per heavy atom. The van der Waals surface area contributed by atoms with Gasteiger partial charge in [0.25, 0.3) is 0 Å². The molecule has 1 aromatic rings. The van der Waals surface area contributed by atoms with E-state index in [0.29, 0.717) is 37.4 Å². The lowest BCUT2D eigenvalue weighted by Crippen LogP contribution is -2.36. The molecule has 0 fully saturated rings. The van der Waals surface area contributed by atoms with E-state index >= 15 is 0 Å². The van der Waals surface area contributed by atoms with E-state index in [1.54, 1.807) is 7.11 Å². The molecule has 158 valence electrons. The molecule has 3 aliphatic rings. The number of rotatable bonds is 6. The summed E-state index contributed by atoms with van der Waals surface area (Å²) in [6.45, 7) is 6.30. The molecule has 0 unspecified atom stereocenters. The van der Waals surface area contributed by atoms with Crippen molar-refractivity contribution in [3.8, 4) is 11.5 Å². The number of ether oxygens (including phenoxy) is 2. The number of nitrogens with one attached hydrogen (secondary N) is 1. The van der Waals surface area contributed by atoms with Crippen molar-refractivity contribution in [3.63, 3.8) is 0 Å². The van der Waals surface area contributed by atoms with Crippen molar-refractivity contribution in [1.82, 2.24) is 5.32 Å². The lowest BCUT2D eigenvalue weighted by atomic mass is 9.71. The molecule has 0 atom stereocenters. The molecule has 0 radical (unpaired) electrons. The highest BCUT2D eigenvalue weighted by atomic mass is 16.5. The maximum Gasteiger partial charge on any atom is 0.164 e. The number of Topliss-reactive ketones (excluding diaryl/α,β-unsaturated/α-hetero) is 2. The predicted octanol–water partition coefficient (Wildman–Crippen LogP) is 4.52. The van der Waals surface area contributed by atoms with E-state index in [2.05, 4.69) is 18.0 Å². The van der Waals surface area contributed by atoms with E-state index in [9.17, 15) is 9.59 Å². The van der Waals surface area contributed by atoms with Crippen molar-refractivity contribution in [2.45, 2.75) is 57.8 Å². The van der Waals surface area contributed by atoms with Gasteiger partial charge in [-0.1, -0.05) is 12.1 Å². The van der Waals surface area contributed by atoms with Crippen molar-refractivity contribution >= 4 is 11.6 Å². The summed E-state index contributed by atoms with van der Waals surface area (Å²) in [4.78, 5) is 26.1. The van der Waals surface area contributed by atoms with E-state index in [-0.39, 0.29) is 17.5 Å². The summed E-state index contributed by atoms with van der Waals surface area (Å²) in [5.74, 6) is 1.26. The van der Waals surface area contributed by atoms with Crippen LogP contribution < -0.4 is 14.8 Å². The van der Waals surface area contributed by atoms with Crippen LogP contribution in [-0.4, -0.2) is 25.3 Å². The van der Waals surface area contributed by atoms with Gasteiger partial charge in [-0.3, -0.25) is 9.59 Å². The van der Waals surface area contributed by atoms with Gasteiger partial charge in [0.1, 0.15) is 0 Å². The number of carbonyl (C=O) groups is 2. The topological polar surface area (TPSA) is 64.6 Å². The Kier molecular flexibility index (Phi) is 5.80. The van der Waals surface area contributed by atoms with Crippen LogP contribution in [0.1, 0.15) is 62.5 Å². The molecule has 1 N–H and O–H groups in total. The van der Waals surface area contributed by atoms with Gasteiger partial charge in [0.15, 0.2) is 23.1 Å². The number of ketones is 2. The molecule has 0 spiro atoms. The van der Waals surface area contributed by atoms with E-state index in [0.717, 1.165) is 59.4 Å². The van der Waals surface area contributed by atoms with Crippen LogP contribution >= 0.6 is 0 Å². The molecule has 5 heteroatoms. The first kappa shape index (κ1) is 20.5. The Hall–Kier alpha value is -2.82. The normalized spacial score (nSPS) is 19.3. The first-order valence-corrected chi connectivity index (χ1v) is 10.8. The largest absolute Gasteiger partial charge is 0.493 e. The molecule has 1 heterocycles. The first-order chi connectivity index (χ1) is 14.6. The SMILES string of the molecule is C=CCc1cc(C2C3=C(CCCC3=O)NC3=C2C(=O)CCC3)cc(OCC)c1OC. The summed E-state index contributed by atoms with van der Waals surface area (Å²) >= 11 is 0. The molecule has 0 aromatic heterocycles. The average molecular weight is 408 g/mol. The second kappa shape index (κ2) is 8.50. The molecule has 2 aliphatic carbocycles. The number of benzene rings is 1. The van der Waals surface area contributed by atoms with Gasteiger partial charge in [-0.15, -0.1) is 6.58 Å². The number of allylic oxidation sites excluding steroid dienone is 5. The summed E-state index contributed by atoms with van der Waals surface area (Å²) in [6.07, 6.45) is 6.88. The number of hydrogen-bond donors (Lipinski definition) is 1. The van der Waals surface area contributed by atoms with E-state index in [4.69, 9.17) is 9.47 Å². The minimum Gasteiger partial charge on any atom is -0.493 e. The maximum atomic E-state index is 13.0. The van der Waals surface area contributed by atoms with E-state index < -0.39 is 0 Å². The molecular formula is C25H29NO4. The summed E-state index contributed by atoms with van der Waals surface area (Å²) in [5, 5.41) is 3.47. The van der Waals surface area contributed by atoms with Crippen molar-refractivity contribution in [2.24, 2.45) is 0 Å². The van der Waals surface area contributed by atoms with Gasteiger partial charge in [-0.05, 0) is 50.7 Å². The maximum absolute atomic E-state index is 13.0. The molecule has 0 bridgehead atoms. The average Bonchev–Trinajstić information content (AvgIpc) is 2.73. The van der Waals surface area contributed by atoms with E-state index in [1.165, 1.54) is 0 Å². The van der Waals surface area contributed by atoms with Gasteiger partial charge in [0, 0.05) is 46.9 Å². The molecule has 0 amide bonds. The van der Waals surface area contributed by atoms with Crippen LogP contribution in [0.3, 0.4) is 0 Å². The van der Waals surface area contributed by atoms with Crippen LogP contribution in [0, 0.1) is 0 Å². The molecule has 1 aliphatic heterocycles. The van der Waals surface area contributed by atoms with Crippen molar-refractivity contribution in [1.29, 1.82) is 0 Å². The van der Waals surface area contributed by atoms with Crippen molar-refractivity contribution < 1.29 is 19.1 Å². The minimum atomic E-state index is -0.342. The molecule has 1 aromatic carbocycles. The smallest absolute Gasteiger partial charge is 0.164 e. The lowest BCUT2D eigenvalue weighted by molar-refractivity contribution is -0.116. The number of hydrogen-bond acceptors (Lipinski definition) is 5. The summed E-state index contributed by atoms with van der Waals surface area (Å²) in [5.41, 5.74) is 5.36. The van der Waals surface area contributed by atoms with Crippen LogP contribution in [0.15, 0.2) is 47.3 Å². The molecule has 0 saturated carbocycles. The van der Waals surface area contributed by atoms with Gasteiger partial charge in [0.05, 0.1) is 13.7 Å². The van der Waals surface area contributed by atoms with Crippen LogP contribution in [-0.2, 0) is 16.0 Å². The zero-order valence-corrected chi connectivity index (χ0v) is 17.8. The molecule has 0 saturated heterocycles. The quantitative estimate of drug-likeness (QED) is 0.702. The lowest BCUT2D eigenvalue weighted by Gasteiger charge is -2.37. The third kappa shape index (κ3) is 3.47. The third-order valence-corrected chi connectivity index (χ3v) is 6.15. The number of dihydropyridines is 1. The van der Waals surface area contributed by atoms with Gasteiger partial charge in [-0.25, -0.2) is 0 Å². The zero-order chi connectivity index (χ0) is 21.3. The minimum absolute atomic E-state index is 0.137. The highest BCUT2D eigenvalue weighted by molar-refractivity contribution is 6.06. The Morgan fingerprint density at radius 2 is 1.70 bits per heavy atom. The molecule has 5 nitrogen and oxygen atoms in total. The first-order valence-electron chi connectivity index (χ1n) is 10.8. The highest BCUT2D eigenvalue weighted by Crippen LogP contribution is 2.47. The second-order valence-corrected chi connectivity index (χ2v) is 8.03. The monoisotopic (exact) mass is 407 g/mol. The van der Waals surface area contributed by atoms with Gasteiger partial charge in [0.2, 0.25) is 0 Å². The summed E-state index contributed by atoms with van der Waals surface area (Å²) in [6, 6.07) is 4.00. The fourth-order valence-corrected chi connectivity index (χ4v) is 4.97. The number of carbonyl (C=O) groups excluding carboxylic acids is 2. The fraction of sp³-hybridized carbons (Fsp3) is 0.440. The molecular weight excluding hydrogens is 378 g/mol. The van der Waals surface area contributed by atoms with Crippen molar-refractivity contribution in [3.05, 3.63) is 58.5 Å². The number of methoxy groups -OCH3 is 1. The predicted molar refractivity (Wildman–Crippen MR) is 116 cm³/mol.